The maximum atomic E-state index is 13.0. The molecule has 0 amide bonds. The molecule has 0 saturated heterocycles. The Morgan fingerprint density at radius 1 is 1.50 bits per heavy atom. The highest BCUT2D eigenvalue weighted by molar-refractivity contribution is 5.35. The lowest BCUT2D eigenvalue weighted by molar-refractivity contribution is 0.407. The minimum atomic E-state index is -0.502. The first-order valence-corrected chi connectivity index (χ1v) is 5.09. The first-order valence-electron chi connectivity index (χ1n) is 5.09. The molecule has 0 fully saturated rings. The lowest BCUT2D eigenvalue weighted by atomic mass is 10.0. The molecule has 0 aromatic heterocycles. The number of benzene rings is 1. The largest absolute Gasteiger partial charge is 0.508 e. The molecule has 2 nitrogen and oxygen atoms in total. The molecule has 1 rings (SSSR count). The van der Waals surface area contributed by atoms with Gasteiger partial charge in [-0.15, -0.1) is 6.42 Å². The Morgan fingerprint density at radius 2 is 2.12 bits per heavy atom. The molecule has 0 aliphatic carbocycles. The van der Waals surface area contributed by atoms with Gasteiger partial charge < -0.3 is 5.11 Å². The van der Waals surface area contributed by atoms with Crippen LogP contribution >= 0.6 is 0 Å². The molecule has 0 saturated carbocycles. The Bertz CT molecular complexity index is 420. The van der Waals surface area contributed by atoms with E-state index >= 15 is 0 Å². The van der Waals surface area contributed by atoms with E-state index in [4.69, 9.17) is 6.42 Å². The topological polar surface area (TPSA) is 32.3 Å². The summed E-state index contributed by atoms with van der Waals surface area (Å²) in [4.78, 5) is 0. The fraction of sp³-hybridized carbons (Fsp3) is 0.385. The van der Waals surface area contributed by atoms with Crippen molar-refractivity contribution in [3.8, 4) is 18.1 Å². The zero-order valence-corrected chi connectivity index (χ0v) is 9.71. The summed E-state index contributed by atoms with van der Waals surface area (Å²) in [6.45, 7) is 5.52. The third-order valence-corrected chi connectivity index (χ3v) is 2.39. The first kappa shape index (κ1) is 12.5. The molecule has 1 aromatic rings. The van der Waals surface area contributed by atoms with E-state index in [1.807, 2.05) is 20.8 Å². The standard InChI is InChI=1S/C13H16FNO/c1-5-13(3,4)15-9(2)11-8-10(14)6-7-12(11)16/h1,6-9,15-16H,2-4H3. The summed E-state index contributed by atoms with van der Waals surface area (Å²) in [7, 11) is 0. The molecule has 0 spiro atoms. The summed E-state index contributed by atoms with van der Waals surface area (Å²) in [6, 6.07) is 3.64. The van der Waals surface area contributed by atoms with E-state index in [1.54, 1.807) is 0 Å². The van der Waals surface area contributed by atoms with Crippen molar-refractivity contribution < 1.29 is 9.50 Å². The van der Waals surface area contributed by atoms with Crippen LogP contribution in [0.25, 0.3) is 0 Å². The number of rotatable bonds is 3. The van der Waals surface area contributed by atoms with E-state index in [1.165, 1.54) is 18.2 Å². The third kappa shape index (κ3) is 2.98. The highest BCUT2D eigenvalue weighted by atomic mass is 19.1. The van der Waals surface area contributed by atoms with Crippen LogP contribution in [0.5, 0.6) is 5.75 Å². The van der Waals surface area contributed by atoms with Crippen LogP contribution in [-0.4, -0.2) is 10.6 Å². The average molecular weight is 221 g/mol. The average Bonchev–Trinajstić information content (AvgIpc) is 2.21. The van der Waals surface area contributed by atoms with Crippen LogP contribution in [0.15, 0.2) is 18.2 Å². The number of phenolic OH excluding ortho intramolecular Hbond substituents is 1. The number of terminal acetylenes is 1. The van der Waals surface area contributed by atoms with Crippen molar-refractivity contribution in [3.63, 3.8) is 0 Å². The molecule has 0 aliphatic heterocycles. The Labute approximate surface area is 95.5 Å². The molecule has 1 atom stereocenters. The maximum absolute atomic E-state index is 13.0. The second kappa shape index (κ2) is 4.54. The zero-order valence-electron chi connectivity index (χ0n) is 9.71. The number of hydrogen-bond acceptors (Lipinski definition) is 2. The fourth-order valence-electron chi connectivity index (χ4n) is 1.53. The number of halogens is 1. The van der Waals surface area contributed by atoms with Gasteiger partial charge >= 0.3 is 0 Å². The Kier molecular flexibility index (Phi) is 3.56. The summed E-state index contributed by atoms with van der Waals surface area (Å²) < 4.78 is 13.0. The quantitative estimate of drug-likeness (QED) is 0.769. The van der Waals surface area contributed by atoms with Crippen LogP contribution in [-0.2, 0) is 0 Å². The molecule has 0 aliphatic rings. The van der Waals surface area contributed by atoms with Gasteiger partial charge in [0.2, 0.25) is 0 Å². The third-order valence-electron chi connectivity index (χ3n) is 2.39. The van der Waals surface area contributed by atoms with Gasteiger partial charge in [0.25, 0.3) is 0 Å². The number of hydrogen-bond donors (Lipinski definition) is 2. The molecular weight excluding hydrogens is 205 g/mol. The molecule has 1 unspecified atom stereocenters. The van der Waals surface area contributed by atoms with Gasteiger partial charge in [0, 0.05) is 11.6 Å². The lowest BCUT2D eigenvalue weighted by Crippen LogP contribution is -2.39. The minimum absolute atomic E-state index is 0.0641. The van der Waals surface area contributed by atoms with Crippen molar-refractivity contribution in [2.24, 2.45) is 0 Å². The van der Waals surface area contributed by atoms with Gasteiger partial charge in [-0.1, -0.05) is 5.92 Å². The van der Waals surface area contributed by atoms with E-state index in [-0.39, 0.29) is 17.6 Å². The van der Waals surface area contributed by atoms with Crippen molar-refractivity contribution in [1.82, 2.24) is 5.32 Å². The van der Waals surface area contributed by atoms with Gasteiger partial charge in [-0.2, -0.15) is 0 Å². The molecule has 0 bridgehead atoms. The van der Waals surface area contributed by atoms with Crippen LogP contribution in [0.2, 0.25) is 0 Å². The van der Waals surface area contributed by atoms with Gasteiger partial charge in [-0.3, -0.25) is 5.32 Å². The molecular formula is C13H16FNO. The summed E-state index contributed by atoms with van der Waals surface area (Å²) >= 11 is 0. The van der Waals surface area contributed by atoms with Crippen molar-refractivity contribution >= 4 is 0 Å². The van der Waals surface area contributed by atoms with E-state index in [2.05, 4.69) is 11.2 Å². The number of aromatic hydroxyl groups is 1. The Hall–Kier alpha value is -1.53. The molecule has 1 aromatic carbocycles. The Balaban J connectivity index is 2.93. The normalized spacial score (nSPS) is 13.2. The van der Waals surface area contributed by atoms with Crippen LogP contribution in [0.4, 0.5) is 4.39 Å². The second-order valence-electron chi connectivity index (χ2n) is 4.34. The Morgan fingerprint density at radius 3 is 2.69 bits per heavy atom. The number of nitrogens with one attached hydrogen (secondary N) is 1. The van der Waals surface area contributed by atoms with Gasteiger partial charge in [-0.25, -0.2) is 4.39 Å². The van der Waals surface area contributed by atoms with Crippen LogP contribution in [0, 0.1) is 18.2 Å². The fourth-order valence-corrected chi connectivity index (χ4v) is 1.53. The SMILES string of the molecule is C#CC(C)(C)NC(C)c1cc(F)ccc1O. The summed E-state index contributed by atoms with van der Waals surface area (Å²) in [6.07, 6.45) is 5.35. The monoisotopic (exact) mass is 221 g/mol. The highest BCUT2D eigenvalue weighted by Gasteiger charge is 2.19. The summed E-state index contributed by atoms with van der Waals surface area (Å²) in [5, 5.41) is 12.7. The van der Waals surface area contributed by atoms with E-state index in [0.717, 1.165) is 0 Å². The molecule has 3 heteroatoms. The van der Waals surface area contributed by atoms with E-state index in [9.17, 15) is 9.50 Å². The zero-order chi connectivity index (χ0) is 12.3. The van der Waals surface area contributed by atoms with Gasteiger partial charge in [0.15, 0.2) is 0 Å². The molecule has 2 N–H and O–H groups in total. The van der Waals surface area contributed by atoms with Gasteiger partial charge in [0.1, 0.15) is 11.6 Å². The first-order chi connectivity index (χ1) is 7.35. The van der Waals surface area contributed by atoms with Crippen LogP contribution in [0.1, 0.15) is 32.4 Å². The summed E-state index contributed by atoms with van der Waals surface area (Å²) in [5.74, 6) is 2.28. The van der Waals surface area contributed by atoms with Crippen molar-refractivity contribution in [2.45, 2.75) is 32.4 Å². The van der Waals surface area contributed by atoms with E-state index < -0.39 is 5.54 Å². The smallest absolute Gasteiger partial charge is 0.123 e. The lowest BCUT2D eigenvalue weighted by Gasteiger charge is -2.25. The summed E-state index contributed by atoms with van der Waals surface area (Å²) in [5.41, 5.74) is 0.00127. The molecule has 16 heavy (non-hydrogen) atoms. The molecule has 0 radical (unpaired) electrons. The highest BCUT2D eigenvalue weighted by Crippen LogP contribution is 2.26. The van der Waals surface area contributed by atoms with Gasteiger partial charge in [0.05, 0.1) is 5.54 Å². The molecule has 86 valence electrons. The predicted octanol–water partition coefficient (Wildman–Crippen LogP) is 2.59. The molecule has 0 heterocycles. The van der Waals surface area contributed by atoms with Crippen molar-refractivity contribution in [1.29, 1.82) is 0 Å². The minimum Gasteiger partial charge on any atom is -0.508 e. The van der Waals surface area contributed by atoms with Crippen LogP contribution in [0.3, 0.4) is 0 Å². The maximum Gasteiger partial charge on any atom is 0.123 e. The second-order valence-corrected chi connectivity index (χ2v) is 4.34. The van der Waals surface area contributed by atoms with E-state index in [0.29, 0.717) is 5.56 Å². The predicted molar refractivity (Wildman–Crippen MR) is 62.5 cm³/mol. The van der Waals surface area contributed by atoms with Crippen LogP contribution < -0.4 is 5.32 Å². The van der Waals surface area contributed by atoms with Crippen molar-refractivity contribution in [3.05, 3.63) is 29.6 Å². The van der Waals surface area contributed by atoms with Gasteiger partial charge in [-0.05, 0) is 39.0 Å². The number of phenols is 1. The van der Waals surface area contributed by atoms with Crippen molar-refractivity contribution in [2.75, 3.05) is 0 Å².